The zero-order valence-electron chi connectivity index (χ0n) is 16.5. The number of nitrogens with one attached hydrogen (secondary N) is 1. The average Bonchev–Trinajstić information content (AvgIpc) is 2.77. The molecule has 0 aliphatic carbocycles. The van der Waals surface area contributed by atoms with Crippen LogP contribution < -0.4 is 19.7 Å². The third-order valence-electron chi connectivity index (χ3n) is 4.76. The molecule has 1 atom stereocenters. The lowest BCUT2D eigenvalue weighted by Gasteiger charge is -2.29. The van der Waals surface area contributed by atoms with Crippen LogP contribution in [0.3, 0.4) is 0 Å². The third-order valence-corrected chi connectivity index (χ3v) is 4.76. The van der Waals surface area contributed by atoms with Crippen molar-refractivity contribution in [2.24, 2.45) is 0 Å². The number of anilines is 1. The van der Waals surface area contributed by atoms with Crippen LogP contribution in [0.1, 0.15) is 18.9 Å². The Morgan fingerprint density at radius 1 is 1.14 bits per heavy atom. The fraction of sp³-hybridized carbons (Fsp3) is 0.409. The zero-order valence-corrected chi connectivity index (χ0v) is 16.5. The Morgan fingerprint density at radius 3 is 2.54 bits per heavy atom. The summed E-state index contributed by atoms with van der Waals surface area (Å²) in [6.07, 6.45) is 0.0404. The lowest BCUT2D eigenvalue weighted by molar-refractivity contribution is -0.128. The summed E-state index contributed by atoms with van der Waals surface area (Å²) in [5, 5.41) is 2.97. The second-order valence-corrected chi connectivity index (χ2v) is 6.68. The number of nitrogens with zero attached hydrogens (tertiary/aromatic N) is 1. The molecule has 1 heterocycles. The summed E-state index contributed by atoms with van der Waals surface area (Å²) in [6, 6.07) is 15.6. The second-order valence-electron chi connectivity index (χ2n) is 6.68. The molecule has 0 saturated carbocycles. The number of carbonyl (C=O) groups excluding carboxylic acids is 1. The van der Waals surface area contributed by atoms with Crippen LogP contribution in [0.5, 0.6) is 11.5 Å². The second kappa shape index (κ2) is 9.99. The molecular weight excluding hydrogens is 356 g/mol. The van der Waals surface area contributed by atoms with E-state index in [2.05, 4.69) is 34.5 Å². The number of ether oxygens (including phenoxy) is 3. The Balaban J connectivity index is 1.52. The number of benzene rings is 2. The monoisotopic (exact) mass is 384 g/mol. The van der Waals surface area contributed by atoms with Gasteiger partial charge in [0.2, 0.25) is 0 Å². The molecule has 1 fully saturated rings. The first-order valence-corrected chi connectivity index (χ1v) is 9.69. The predicted molar refractivity (Wildman–Crippen MR) is 109 cm³/mol. The van der Waals surface area contributed by atoms with E-state index in [1.807, 2.05) is 25.1 Å². The van der Waals surface area contributed by atoms with Crippen LogP contribution in [0, 0.1) is 0 Å². The van der Waals surface area contributed by atoms with E-state index in [9.17, 15) is 4.79 Å². The van der Waals surface area contributed by atoms with Crippen LogP contribution in [0.2, 0.25) is 0 Å². The summed E-state index contributed by atoms with van der Waals surface area (Å²) in [6.45, 7) is 5.76. The summed E-state index contributed by atoms with van der Waals surface area (Å²) >= 11 is 0. The highest BCUT2D eigenvalue weighted by molar-refractivity contribution is 5.81. The van der Waals surface area contributed by atoms with Crippen molar-refractivity contribution < 1.29 is 19.0 Å². The molecule has 1 N–H and O–H groups in total. The molecule has 0 spiro atoms. The maximum Gasteiger partial charge on any atom is 0.261 e. The molecular formula is C22H28N2O4. The van der Waals surface area contributed by atoms with Gasteiger partial charge in [0, 0.05) is 31.4 Å². The third kappa shape index (κ3) is 5.39. The van der Waals surface area contributed by atoms with Gasteiger partial charge in [0.05, 0.1) is 20.3 Å². The van der Waals surface area contributed by atoms with E-state index in [4.69, 9.17) is 14.2 Å². The zero-order chi connectivity index (χ0) is 19.8. The van der Waals surface area contributed by atoms with Crippen LogP contribution in [0.15, 0.2) is 48.5 Å². The van der Waals surface area contributed by atoms with E-state index >= 15 is 0 Å². The van der Waals surface area contributed by atoms with E-state index in [0.717, 1.165) is 31.9 Å². The Hall–Kier alpha value is -2.73. The highest BCUT2D eigenvalue weighted by Crippen LogP contribution is 2.21. The fourth-order valence-corrected chi connectivity index (χ4v) is 3.11. The highest BCUT2D eigenvalue weighted by Gasteiger charge is 2.18. The minimum Gasteiger partial charge on any atom is -0.497 e. The molecule has 0 aromatic heterocycles. The number of hydrogen-bond donors (Lipinski definition) is 1. The maximum atomic E-state index is 12.5. The Bertz CT molecular complexity index is 757. The van der Waals surface area contributed by atoms with Crippen LogP contribution in [-0.4, -0.2) is 45.4 Å². The standard InChI is InChI=1S/C22H28N2O4/c1-3-21(28-20-6-4-5-19(15-20)26-2)22(25)23-16-17-7-9-18(10-8-17)24-11-13-27-14-12-24/h4-10,15,21H,3,11-14,16H2,1-2H3,(H,23,25). The van der Waals surface area contributed by atoms with Gasteiger partial charge in [0.15, 0.2) is 6.10 Å². The van der Waals surface area contributed by atoms with Crippen molar-refractivity contribution in [1.29, 1.82) is 0 Å². The van der Waals surface area contributed by atoms with E-state index in [1.54, 1.807) is 13.2 Å². The quantitative estimate of drug-likeness (QED) is 0.758. The summed E-state index contributed by atoms with van der Waals surface area (Å²) in [5.74, 6) is 1.20. The van der Waals surface area contributed by atoms with Gasteiger partial charge in [-0.2, -0.15) is 0 Å². The SMILES string of the molecule is CCC(Oc1cccc(OC)c1)C(=O)NCc1ccc(N2CCOCC2)cc1. The lowest BCUT2D eigenvalue weighted by atomic mass is 10.1. The van der Waals surface area contributed by atoms with Crippen LogP contribution in [0.25, 0.3) is 0 Å². The van der Waals surface area contributed by atoms with E-state index in [1.165, 1.54) is 5.69 Å². The Labute approximate surface area is 166 Å². The molecule has 1 unspecified atom stereocenters. The number of carbonyl (C=O) groups is 1. The lowest BCUT2D eigenvalue weighted by Crippen LogP contribution is -2.37. The molecule has 150 valence electrons. The average molecular weight is 384 g/mol. The molecule has 3 rings (SSSR count). The van der Waals surface area contributed by atoms with Gasteiger partial charge in [-0.05, 0) is 36.2 Å². The van der Waals surface area contributed by atoms with Gasteiger partial charge < -0.3 is 24.4 Å². The molecule has 2 aromatic rings. The van der Waals surface area contributed by atoms with Crippen molar-refractivity contribution in [3.8, 4) is 11.5 Å². The number of hydrogen-bond acceptors (Lipinski definition) is 5. The van der Waals surface area contributed by atoms with Gasteiger partial charge in [0.1, 0.15) is 11.5 Å². The number of amides is 1. The van der Waals surface area contributed by atoms with Crippen molar-refractivity contribution in [2.45, 2.75) is 26.0 Å². The van der Waals surface area contributed by atoms with Crippen LogP contribution >= 0.6 is 0 Å². The minimum atomic E-state index is -0.542. The van der Waals surface area contributed by atoms with Gasteiger partial charge >= 0.3 is 0 Å². The topological polar surface area (TPSA) is 60.0 Å². The Kier molecular flexibility index (Phi) is 7.14. The van der Waals surface area contributed by atoms with Crippen LogP contribution in [0.4, 0.5) is 5.69 Å². The van der Waals surface area contributed by atoms with Gasteiger partial charge in [-0.15, -0.1) is 0 Å². The molecule has 6 nitrogen and oxygen atoms in total. The molecule has 6 heteroatoms. The smallest absolute Gasteiger partial charge is 0.261 e. The number of methoxy groups -OCH3 is 1. The van der Waals surface area contributed by atoms with E-state index in [-0.39, 0.29) is 5.91 Å². The van der Waals surface area contributed by atoms with E-state index in [0.29, 0.717) is 24.5 Å². The van der Waals surface area contributed by atoms with Crippen molar-refractivity contribution in [3.05, 3.63) is 54.1 Å². The van der Waals surface area contributed by atoms with E-state index < -0.39 is 6.10 Å². The van der Waals surface area contributed by atoms with Crippen molar-refractivity contribution in [3.63, 3.8) is 0 Å². The normalized spacial score (nSPS) is 15.0. The molecule has 1 saturated heterocycles. The van der Waals surface area contributed by atoms with Gasteiger partial charge in [0.25, 0.3) is 5.91 Å². The van der Waals surface area contributed by atoms with Gasteiger partial charge in [-0.25, -0.2) is 0 Å². The van der Waals surface area contributed by atoms with Crippen molar-refractivity contribution >= 4 is 11.6 Å². The summed E-state index contributed by atoms with van der Waals surface area (Å²) < 4.78 is 16.4. The van der Waals surface area contributed by atoms with Gasteiger partial charge in [-0.3, -0.25) is 4.79 Å². The first-order valence-electron chi connectivity index (χ1n) is 9.69. The predicted octanol–water partition coefficient (Wildman–Crippen LogP) is 3.01. The number of morpholine rings is 1. The molecule has 28 heavy (non-hydrogen) atoms. The molecule has 1 aliphatic heterocycles. The maximum absolute atomic E-state index is 12.5. The molecule has 0 radical (unpaired) electrons. The first-order chi connectivity index (χ1) is 13.7. The minimum absolute atomic E-state index is 0.123. The molecule has 0 bridgehead atoms. The fourth-order valence-electron chi connectivity index (χ4n) is 3.11. The highest BCUT2D eigenvalue weighted by atomic mass is 16.5. The first kappa shape index (κ1) is 20.0. The van der Waals surface area contributed by atoms with Gasteiger partial charge in [-0.1, -0.05) is 25.1 Å². The van der Waals surface area contributed by atoms with Crippen molar-refractivity contribution in [1.82, 2.24) is 5.32 Å². The summed E-state index contributed by atoms with van der Waals surface area (Å²) in [5.41, 5.74) is 2.24. The van der Waals surface area contributed by atoms with Crippen LogP contribution in [-0.2, 0) is 16.1 Å². The van der Waals surface area contributed by atoms with Crippen molar-refractivity contribution in [2.75, 3.05) is 38.3 Å². The molecule has 2 aromatic carbocycles. The Morgan fingerprint density at radius 2 is 1.86 bits per heavy atom. The summed E-state index contributed by atoms with van der Waals surface area (Å²) in [4.78, 5) is 14.8. The summed E-state index contributed by atoms with van der Waals surface area (Å²) in [7, 11) is 1.60. The molecule has 1 aliphatic rings. The number of rotatable bonds is 8. The molecule has 1 amide bonds. The largest absolute Gasteiger partial charge is 0.497 e.